The van der Waals surface area contributed by atoms with E-state index in [1.54, 1.807) is 0 Å². The number of halogens is 1. The van der Waals surface area contributed by atoms with E-state index in [0.717, 1.165) is 11.0 Å². The third-order valence-corrected chi connectivity index (χ3v) is 2.93. The van der Waals surface area contributed by atoms with Gasteiger partial charge in [-0.2, -0.15) is 0 Å². The molecule has 0 aliphatic rings. The van der Waals surface area contributed by atoms with Crippen molar-refractivity contribution in [3.8, 4) is 0 Å². The molecule has 0 bridgehead atoms. The van der Waals surface area contributed by atoms with E-state index in [4.69, 9.17) is 5.11 Å². The molecule has 1 aromatic carbocycles. The van der Waals surface area contributed by atoms with Crippen LogP contribution in [0, 0.1) is 5.92 Å². The maximum Gasteiger partial charge on any atom is 0.0468 e. The summed E-state index contributed by atoms with van der Waals surface area (Å²) in [5.41, 5.74) is 1.26. The van der Waals surface area contributed by atoms with E-state index >= 15 is 0 Å². The molecule has 2 atom stereocenters. The smallest absolute Gasteiger partial charge is 0.0468 e. The van der Waals surface area contributed by atoms with Crippen LogP contribution in [0.25, 0.3) is 0 Å². The Morgan fingerprint density at radius 1 is 1.40 bits per heavy atom. The zero-order valence-corrected chi connectivity index (χ0v) is 10.8. The van der Waals surface area contributed by atoms with Crippen molar-refractivity contribution in [1.82, 2.24) is 5.32 Å². The standard InChI is InChI=1S/C12H18BrNO/c1-9(8-15)7-14-10(2)11-4-3-5-12(13)6-11/h3-6,9-10,14-15H,7-8H2,1-2H3. The maximum absolute atomic E-state index is 8.91. The van der Waals surface area contributed by atoms with Crippen LogP contribution in [0.4, 0.5) is 0 Å². The topological polar surface area (TPSA) is 32.3 Å². The van der Waals surface area contributed by atoms with Gasteiger partial charge < -0.3 is 10.4 Å². The van der Waals surface area contributed by atoms with Crippen molar-refractivity contribution in [2.45, 2.75) is 19.9 Å². The molecule has 0 amide bonds. The molecule has 84 valence electrons. The average Bonchev–Trinajstić information content (AvgIpc) is 2.25. The summed E-state index contributed by atoms with van der Waals surface area (Å²) in [7, 11) is 0. The number of nitrogens with one attached hydrogen (secondary N) is 1. The number of hydrogen-bond donors (Lipinski definition) is 2. The van der Waals surface area contributed by atoms with Crippen LogP contribution in [0.1, 0.15) is 25.5 Å². The van der Waals surface area contributed by atoms with Gasteiger partial charge in [0.1, 0.15) is 0 Å². The molecule has 15 heavy (non-hydrogen) atoms. The van der Waals surface area contributed by atoms with Gasteiger partial charge in [0.2, 0.25) is 0 Å². The quantitative estimate of drug-likeness (QED) is 0.863. The van der Waals surface area contributed by atoms with Crippen molar-refractivity contribution < 1.29 is 5.11 Å². The number of hydrogen-bond acceptors (Lipinski definition) is 2. The van der Waals surface area contributed by atoms with Gasteiger partial charge in [-0.05, 0) is 30.5 Å². The molecule has 0 aliphatic heterocycles. The molecule has 2 nitrogen and oxygen atoms in total. The summed E-state index contributed by atoms with van der Waals surface area (Å²) in [6.45, 7) is 5.23. The second kappa shape index (κ2) is 6.26. The molecule has 0 heterocycles. The Morgan fingerprint density at radius 3 is 2.73 bits per heavy atom. The minimum Gasteiger partial charge on any atom is -0.396 e. The molecule has 0 saturated carbocycles. The van der Waals surface area contributed by atoms with Crippen molar-refractivity contribution >= 4 is 15.9 Å². The highest BCUT2D eigenvalue weighted by Crippen LogP contribution is 2.17. The second-order valence-corrected chi connectivity index (χ2v) is 4.89. The molecule has 0 radical (unpaired) electrons. The Balaban J connectivity index is 2.50. The normalized spacial score (nSPS) is 14.9. The molecule has 0 fully saturated rings. The van der Waals surface area contributed by atoms with E-state index < -0.39 is 0 Å². The van der Waals surface area contributed by atoms with Crippen LogP contribution in [-0.4, -0.2) is 18.3 Å². The fraction of sp³-hybridized carbons (Fsp3) is 0.500. The van der Waals surface area contributed by atoms with E-state index in [0.29, 0.717) is 12.0 Å². The first-order valence-electron chi connectivity index (χ1n) is 5.23. The molecule has 1 rings (SSSR count). The summed E-state index contributed by atoms with van der Waals surface area (Å²) in [5, 5.41) is 12.3. The monoisotopic (exact) mass is 271 g/mol. The van der Waals surface area contributed by atoms with Crippen molar-refractivity contribution in [3.63, 3.8) is 0 Å². The Bertz CT molecular complexity index is 303. The van der Waals surface area contributed by atoms with E-state index in [1.807, 2.05) is 19.1 Å². The second-order valence-electron chi connectivity index (χ2n) is 3.97. The summed E-state index contributed by atoms with van der Waals surface area (Å²) < 4.78 is 1.10. The molecule has 2 unspecified atom stereocenters. The molecule has 0 aliphatic carbocycles. The van der Waals surface area contributed by atoms with Gasteiger partial charge in [0, 0.05) is 23.7 Å². The summed E-state index contributed by atoms with van der Waals surface area (Å²) in [6.07, 6.45) is 0. The van der Waals surface area contributed by atoms with Gasteiger partial charge in [0.25, 0.3) is 0 Å². The van der Waals surface area contributed by atoms with Gasteiger partial charge in [0.05, 0.1) is 0 Å². The fourth-order valence-electron chi connectivity index (χ4n) is 1.34. The van der Waals surface area contributed by atoms with E-state index in [-0.39, 0.29) is 6.61 Å². The fourth-order valence-corrected chi connectivity index (χ4v) is 1.75. The van der Waals surface area contributed by atoms with Crippen molar-refractivity contribution in [2.24, 2.45) is 5.92 Å². The van der Waals surface area contributed by atoms with Crippen LogP contribution in [0.5, 0.6) is 0 Å². The summed E-state index contributed by atoms with van der Waals surface area (Å²) in [6, 6.07) is 8.59. The minimum absolute atomic E-state index is 0.234. The van der Waals surface area contributed by atoms with Crippen LogP contribution < -0.4 is 5.32 Å². The molecule has 0 spiro atoms. The molecule has 1 aromatic rings. The molecule has 0 aromatic heterocycles. The van der Waals surface area contributed by atoms with Gasteiger partial charge >= 0.3 is 0 Å². The Kier molecular flexibility index (Phi) is 5.29. The first kappa shape index (κ1) is 12.7. The predicted octanol–water partition coefficient (Wildman–Crippen LogP) is 2.73. The van der Waals surface area contributed by atoms with Gasteiger partial charge in [0.15, 0.2) is 0 Å². The number of aliphatic hydroxyl groups is 1. The first-order valence-corrected chi connectivity index (χ1v) is 6.02. The molecular formula is C12H18BrNO. The van der Waals surface area contributed by atoms with Gasteiger partial charge in [-0.3, -0.25) is 0 Å². The van der Waals surface area contributed by atoms with E-state index in [9.17, 15) is 0 Å². The number of benzene rings is 1. The van der Waals surface area contributed by atoms with Crippen molar-refractivity contribution in [3.05, 3.63) is 34.3 Å². The van der Waals surface area contributed by atoms with Crippen molar-refractivity contribution in [2.75, 3.05) is 13.2 Å². The van der Waals surface area contributed by atoms with Gasteiger partial charge in [-0.1, -0.05) is 35.0 Å². The Morgan fingerprint density at radius 2 is 2.13 bits per heavy atom. The van der Waals surface area contributed by atoms with Crippen LogP contribution in [0.2, 0.25) is 0 Å². The predicted molar refractivity (Wildman–Crippen MR) is 66.8 cm³/mol. The third-order valence-electron chi connectivity index (χ3n) is 2.43. The van der Waals surface area contributed by atoms with Crippen LogP contribution >= 0.6 is 15.9 Å². The Hall–Kier alpha value is -0.380. The summed E-state index contributed by atoms with van der Waals surface area (Å²) in [4.78, 5) is 0. The maximum atomic E-state index is 8.91. The van der Waals surface area contributed by atoms with Gasteiger partial charge in [-0.15, -0.1) is 0 Å². The highest BCUT2D eigenvalue weighted by molar-refractivity contribution is 9.10. The SMILES string of the molecule is CC(CO)CNC(C)c1cccc(Br)c1. The lowest BCUT2D eigenvalue weighted by Crippen LogP contribution is -2.26. The average molecular weight is 272 g/mol. The van der Waals surface area contributed by atoms with Crippen LogP contribution in [0.3, 0.4) is 0 Å². The van der Waals surface area contributed by atoms with E-state index in [1.165, 1.54) is 5.56 Å². The third kappa shape index (κ3) is 4.33. The highest BCUT2D eigenvalue weighted by atomic mass is 79.9. The summed E-state index contributed by atoms with van der Waals surface area (Å²) in [5.74, 6) is 0.305. The zero-order valence-electron chi connectivity index (χ0n) is 9.20. The number of rotatable bonds is 5. The lowest BCUT2D eigenvalue weighted by atomic mass is 10.1. The first-order chi connectivity index (χ1) is 7.13. The summed E-state index contributed by atoms with van der Waals surface area (Å²) >= 11 is 3.46. The molecule has 3 heteroatoms. The molecular weight excluding hydrogens is 254 g/mol. The molecule has 0 saturated heterocycles. The lowest BCUT2D eigenvalue weighted by molar-refractivity contribution is 0.231. The van der Waals surface area contributed by atoms with Crippen LogP contribution in [-0.2, 0) is 0 Å². The molecule has 2 N–H and O–H groups in total. The Labute approximate surface area is 99.8 Å². The van der Waals surface area contributed by atoms with E-state index in [2.05, 4.69) is 40.3 Å². The highest BCUT2D eigenvalue weighted by Gasteiger charge is 2.06. The zero-order chi connectivity index (χ0) is 11.3. The van der Waals surface area contributed by atoms with Crippen LogP contribution in [0.15, 0.2) is 28.7 Å². The lowest BCUT2D eigenvalue weighted by Gasteiger charge is -2.17. The van der Waals surface area contributed by atoms with Gasteiger partial charge in [-0.25, -0.2) is 0 Å². The largest absolute Gasteiger partial charge is 0.396 e. The minimum atomic E-state index is 0.234. The number of aliphatic hydroxyl groups excluding tert-OH is 1. The van der Waals surface area contributed by atoms with Crippen molar-refractivity contribution in [1.29, 1.82) is 0 Å².